The number of unbranched alkanes of at least 4 members (excludes halogenated alkanes) is 19. The molecule has 0 aromatic rings. The van der Waals surface area contributed by atoms with E-state index in [0.29, 0.717) is 0 Å². The first-order chi connectivity index (χ1) is 17.0. The molecule has 0 fully saturated rings. The fourth-order valence-electron chi connectivity index (χ4n) is 5.13. The first-order valence-electron chi connectivity index (χ1n) is 16.4. The molecule has 0 unspecified atom stereocenters. The molecule has 218 valence electrons. The van der Waals surface area contributed by atoms with Gasteiger partial charge < -0.3 is 13.4 Å². The van der Waals surface area contributed by atoms with Gasteiger partial charge in [-0.2, -0.15) is 0 Å². The molecule has 0 amide bonds. The highest BCUT2D eigenvalue weighted by atomic mass is 15.4. The Bertz CT molecular complexity index is 464. The van der Waals surface area contributed by atoms with E-state index in [2.05, 4.69) is 56.3 Å². The third kappa shape index (κ3) is 26.9. The second-order valence-corrected chi connectivity index (χ2v) is 14.5. The van der Waals surface area contributed by atoms with Gasteiger partial charge in [0.15, 0.2) is 0 Å². The Morgan fingerprint density at radius 3 is 0.833 bits per heavy atom. The Morgan fingerprint density at radius 1 is 0.278 bits per heavy atom. The van der Waals surface area contributed by atoms with E-state index in [1.807, 2.05) is 0 Å². The summed E-state index contributed by atoms with van der Waals surface area (Å²) in [5, 5.41) is 0. The van der Waals surface area contributed by atoms with Crippen molar-refractivity contribution in [2.75, 3.05) is 82.1 Å². The molecule has 0 saturated heterocycles. The molecule has 36 heavy (non-hydrogen) atoms. The van der Waals surface area contributed by atoms with Gasteiger partial charge in [0.05, 0.1) is 55.9 Å². The summed E-state index contributed by atoms with van der Waals surface area (Å²) >= 11 is 0. The minimum Gasteiger partial charge on any atom is -0.326 e. The largest absolute Gasteiger partial charge is 0.326 e. The number of hydrogen-bond donors (Lipinski definition) is 0. The molecule has 0 spiro atoms. The van der Waals surface area contributed by atoms with Crippen molar-refractivity contribution in [1.29, 1.82) is 0 Å². The van der Waals surface area contributed by atoms with Gasteiger partial charge >= 0.3 is 0 Å². The van der Waals surface area contributed by atoms with Crippen LogP contribution in [-0.2, 0) is 0 Å². The van der Waals surface area contributed by atoms with Crippen LogP contribution in [0.5, 0.6) is 0 Å². The Morgan fingerprint density at radius 2 is 0.528 bits per heavy atom. The maximum absolute atomic E-state index is 2.44. The van der Waals surface area contributed by atoms with Crippen LogP contribution in [0.3, 0.4) is 0 Å². The van der Waals surface area contributed by atoms with Gasteiger partial charge in [0.2, 0.25) is 0 Å². The van der Waals surface area contributed by atoms with Gasteiger partial charge in [0.1, 0.15) is 26.2 Å². The highest BCUT2D eigenvalue weighted by Gasteiger charge is 2.24. The minimum absolute atomic E-state index is 1.07. The molecule has 0 aliphatic carbocycles. The Hall–Kier alpha value is -0.120. The highest BCUT2D eigenvalue weighted by molar-refractivity contribution is 4.51. The Kier molecular flexibility index (Phi) is 21.7. The summed E-state index contributed by atoms with van der Waals surface area (Å²) in [6, 6.07) is 0. The summed E-state index contributed by atoms with van der Waals surface area (Å²) < 4.78 is 3.40. The van der Waals surface area contributed by atoms with Crippen molar-refractivity contribution < 1.29 is 13.4 Å². The van der Waals surface area contributed by atoms with E-state index in [1.165, 1.54) is 166 Å². The van der Waals surface area contributed by atoms with Crippen LogP contribution in [0.25, 0.3) is 0 Å². The van der Waals surface area contributed by atoms with E-state index in [4.69, 9.17) is 0 Å². The molecule has 0 aliphatic rings. The lowest BCUT2D eigenvalue weighted by Crippen LogP contribution is -2.54. The molecule has 3 heteroatoms. The topological polar surface area (TPSA) is 0 Å². The van der Waals surface area contributed by atoms with Gasteiger partial charge in [-0.15, -0.1) is 0 Å². The zero-order valence-electron chi connectivity index (χ0n) is 27.0. The summed E-state index contributed by atoms with van der Waals surface area (Å²) in [4.78, 5) is 0. The van der Waals surface area contributed by atoms with E-state index < -0.39 is 0 Å². The molecule has 0 aliphatic heterocycles. The maximum atomic E-state index is 2.44. The Balaban J connectivity index is 3.44. The van der Waals surface area contributed by atoms with Crippen molar-refractivity contribution in [1.82, 2.24) is 0 Å². The average molecular weight is 513 g/mol. The van der Waals surface area contributed by atoms with E-state index in [1.54, 1.807) is 0 Å². The van der Waals surface area contributed by atoms with Gasteiger partial charge in [0.25, 0.3) is 0 Å². The van der Waals surface area contributed by atoms with Crippen molar-refractivity contribution in [3.63, 3.8) is 0 Å². The van der Waals surface area contributed by atoms with Crippen LogP contribution in [0, 0.1) is 0 Å². The normalized spacial score (nSPS) is 13.0. The van der Waals surface area contributed by atoms with Crippen LogP contribution in [-0.4, -0.2) is 95.5 Å². The second kappa shape index (κ2) is 21.8. The third-order valence-electron chi connectivity index (χ3n) is 8.30. The monoisotopic (exact) mass is 513 g/mol. The average Bonchev–Trinajstić information content (AvgIpc) is 2.80. The lowest BCUT2D eigenvalue weighted by molar-refractivity contribution is -0.964. The lowest BCUT2D eigenvalue weighted by atomic mass is 10.0. The molecular weight excluding hydrogens is 438 g/mol. The minimum atomic E-state index is 1.07. The molecule has 3 nitrogen and oxygen atoms in total. The quantitative estimate of drug-likeness (QED) is 0.0762. The number of likely N-dealkylation sites (N-methyl/N-ethyl adjacent to an activating group) is 3. The predicted octanol–water partition coefficient (Wildman–Crippen LogP) is 8.67. The van der Waals surface area contributed by atoms with Crippen LogP contribution in [0.1, 0.15) is 135 Å². The van der Waals surface area contributed by atoms with Crippen LogP contribution < -0.4 is 0 Å². The summed E-state index contributed by atoms with van der Waals surface area (Å²) in [6.45, 7) is 8.74. The molecule has 0 aromatic carbocycles. The zero-order chi connectivity index (χ0) is 27.2. The lowest BCUT2D eigenvalue weighted by Gasteiger charge is -2.37. The molecular formula is C33H74N3+3. The molecule has 0 saturated carbocycles. The zero-order valence-corrected chi connectivity index (χ0v) is 27.0. The number of hydrogen-bond acceptors (Lipinski definition) is 0. The summed E-state index contributed by atoms with van der Waals surface area (Å²) in [6.07, 6.45) is 29.2. The van der Waals surface area contributed by atoms with Crippen molar-refractivity contribution in [2.24, 2.45) is 0 Å². The van der Waals surface area contributed by atoms with Crippen LogP contribution in [0.15, 0.2) is 0 Å². The highest BCUT2D eigenvalue weighted by Crippen LogP contribution is 2.15. The Labute approximate surface area is 230 Å². The van der Waals surface area contributed by atoms with E-state index >= 15 is 0 Å². The van der Waals surface area contributed by atoms with Gasteiger partial charge in [-0.25, -0.2) is 0 Å². The summed E-state index contributed by atoms with van der Waals surface area (Å²) in [5.41, 5.74) is 0. The van der Waals surface area contributed by atoms with E-state index in [0.717, 1.165) is 8.97 Å². The van der Waals surface area contributed by atoms with E-state index in [-0.39, 0.29) is 0 Å². The fourth-order valence-corrected chi connectivity index (χ4v) is 5.13. The standard InChI is InChI=1S/C33H74N3/c1-9-10-11-12-13-14-15-16-17-18-19-20-21-22-23-24-25-26-27-28-29-35(5,6)32-33-36(7,8)31-30-34(2,3)4/h9-33H2,1-8H3/q+3. The number of rotatable bonds is 27. The molecule has 0 N–H and O–H groups in total. The van der Waals surface area contributed by atoms with Crippen LogP contribution >= 0.6 is 0 Å². The molecule has 0 rings (SSSR count). The first-order valence-corrected chi connectivity index (χ1v) is 16.4. The van der Waals surface area contributed by atoms with Gasteiger partial charge in [-0.3, -0.25) is 0 Å². The summed E-state index contributed by atoms with van der Waals surface area (Å²) in [5.74, 6) is 0. The third-order valence-corrected chi connectivity index (χ3v) is 8.30. The fraction of sp³-hybridized carbons (Fsp3) is 1.00. The van der Waals surface area contributed by atoms with Crippen molar-refractivity contribution in [3.05, 3.63) is 0 Å². The SMILES string of the molecule is CCCCCCCCCCCCCCCCCCCCCC[N+](C)(C)CC[N+](C)(C)CC[N+](C)(C)C. The van der Waals surface area contributed by atoms with Crippen molar-refractivity contribution >= 4 is 0 Å². The van der Waals surface area contributed by atoms with E-state index in [9.17, 15) is 0 Å². The van der Waals surface area contributed by atoms with Crippen LogP contribution in [0.2, 0.25) is 0 Å². The first kappa shape index (κ1) is 35.9. The second-order valence-electron chi connectivity index (χ2n) is 14.5. The maximum Gasteiger partial charge on any atom is 0.128 e. The molecule has 0 aromatic heterocycles. The molecule has 0 heterocycles. The van der Waals surface area contributed by atoms with Gasteiger partial charge in [-0.05, 0) is 12.8 Å². The molecule has 0 atom stereocenters. The van der Waals surface area contributed by atoms with Crippen molar-refractivity contribution in [3.8, 4) is 0 Å². The smallest absolute Gasteiger partial charge is 0.128 e. The molecule has 0 bridgehead atoms. The van der Waals surface area contributed by atoms with Gasteiger partial charge in [0, 0.05) is 0 Å². The predicted molar refractivity (Wildman–Crippen MR) is 165 cm³/mol. The van der Waals surface area contributed by atoms with Crippen molar-refractivity contribution in [2.45, 2.75) is 135 Å². The summed E-state index contributed by atoms with van der Waals surface area (Å²) in [7, 11) is 16.6. The number of nitrogens with zero attached hydrogens (tertiary/aromatic N) is 3. The number of quaternary nitrogens is 3. The van der Waals surface area contributed by atoms with Gasteiger partial charge in [-0.1, -0.05) is 122 Å². The van der Waals surface area contributed by atoms with Crippen LogP contribution in [0.4, 0.5) is 0 Å². The molecule has 0 radical (unpaired) electrons.